The van der Waals surface area contributed by atoms with E-state index in [0.717, 1.165) is 23.0 Å². The van der Waals surface area contributed by atoms with Crippen molar-refractivity contribution in [3.05, 3.63) is 41.0 Å². The van der Waals surface area contributed by atoms with Gasteiger partial charge in [0.2, 0.25) is 0 Å². The zero-order valence-corrected chi connectivity index (χ0v) is 12.6. The van der Waals surface area contributed by atoms with Crippen LogP contribution in [0.5, 0.6) is 5.75 Å². The Labute approximate surface area is 119 Å². The molecule has 0 saturated heterocycles. The maximum atomic E-state index is 5.63. The van der Waals surface area contributed by atoms with Crippen LogP contribution in [0, 0.1) is 0 Å². The van der Waals surface area contributed by atoms with Crippen molar-refractivity contribution in [3.63, 3.8) is 0 Å². The van der Waals surface area contributed by atoms with E-state index in [4.69, 9.17) is 10.5 Å². The summed E-state index contributed by atoms with van der Waals surface area (Å²) in [5, 5.41) is 4.40. The first-order chi connectivity index (χ1) is 9.55. The van der Waals surface area contributed by atoms with E-state index in [9.17, 15) is 0 Å². The zero-order chi connectivity index (χ0) is 14.7. The van der Waals surface area contributed by atoms with Gasteiger partial charge in [0.05, 0.1) is 13.7 Å². The van der Waals surface area contributed by atoms with E-state index in [1.165, 1.54) is 5.56 Å². The van der Waals surface area contributed by atoms with Gasteiger partial charge in [0.25, 0.3) is 0 Å². The Balaban J connectivity index is 2.32. The van der Waals surface area contributed by atoms with Crippen LogP contribution in [0.3, 0.4) is 0 Å². The predicted molar refractivity (Wildman–Crippen MR) is 78.8 cm³/mol. The van der Waals surface area contributed by atoms with E-state index in [1.54, 1.807) is 11.8 Å². The molecule has 20 heavy (non-hydrogen) atoms. The SMILES string of the molecule is COc1ccc(C(C)C)cc1Cc1nc(CN)n(C)n1. The number of rotatable bonds is 5. The first-order valence-corrected chi connectivity index (χ1v) is 6.80. The molecule has 0 radical (unpaired) electrons. The number of aryl methyl sites for hydroxylation is 1. The summed E-state index contributed by atoms with van der Waals surface area (Å²) in [4.78, 5) is 4.44. The first-order valence-electron chi connectivity index (χ1n) is 6.80. The molecule has 108 valence electrons. The Morgan fingerprint density at radius 2 is 2.10 bits per heavy atom. The number of ether oxygens (including phenoxy) is 1. The third-order valence-electron chi connectivity index (χ3n) is 3.40. The molecule has 2 rings (SSSR count). The van der Waals surface area contributed by atoms with Gasteiger partial charge in [0.1, 0.15) is 11.6 Å². The van der Waals surface area contributed by atoms with Crippen molar-refractivity contribution in [2.75, 3.05) is 7.11 Å². The summed E-state index contributed by atoms with van der Waals surface area (Å²) in [7, 11) is 3.55. The van der Waals surface area contributed by atoms with Crippen LogP contribution >= 0.6 is 0 Å². The monoisotopic (exact) mass is 274 g/mol. The molecule has 1 aromatic heterocycles. The van der Waals surface area contributed by atoms with E-state index >= 15 is 0 Å². The fourth-order valence-electron chi connectivity index (χ4n) is 2.19. The number of benzene rings is 1. The van der Waals surface area contributed by atoms with Crippen LogP contribution in [0.25, 0.3) is 0 Å². The first kappa shape index (κ1) is 14.5. The second-order valence-corrected chi connectivity index (χ2v) is 5.17. The Hall–Kier alpha value is -1.88. The molecule has 0 fully saturated rings. The average molecular weight is 274 g/mol. The van der Waals surface area contributed by atoms with Crippen LogP contribution in [0.15, 0.2) is 18.2 Å². The molecule has 0 aliphatic rings. The summed E-state index contributed by atoms with van der Waals surface area (Å²) in [6.45, 7) is 4.75. The van der Waals surface area contributed by atoms with Gasteiger partial charge in [-0.15, -0.1) is 0 Å². The molecule has 2 aromatic rings. The largest absolute Gasteiger partial charge is 0.496 e. The average Bonchev–Trinajstić information content (AvgIpc) is 2.78. The van der Waals surface area contributed by atoms with E-state index in [-0.39, 0.29) is 0 Å². The molecule has 0 unspecified atom stereocenters. The van der Waals surface area contributed by atoms with Crippen molar-refractivity contribution in [2.45, 2.75) is 32.7 Å². The molecule has 5 nitrogen and oxygen atoms in total. The number of hydrogen-bond donors (Lipinski definition) is 1. The van der Waals surface area contributed by atoms with Gasteiger partial charge in [0.15, 0.2) is 5.82 Å². The summed E-state index contributed by atoms with van der Waals surface area (Å²) >= 11 is 0. The van der Waals surface area contributed by atoms with Crippen molar-refractivity contribution in [3.8, 4) is 5.75 Å². The Morgan fingerprint density at radius 1 is 1.35 bits per heavy atom. The predicted octanol–water partition coefficient (Wildman–Crippen LogP) is 2.00. The fourth-order valence-corrected chi connectivity index (χ4v) is 2.19. The fraction of sp³-hybridized carbons (Fsp3) is 0.467. The molecular formula is C15H22N4O. The number of hydrogen-bond acceptors (Lipinski definition) is 4. The highest BCUT2D eigenvalue weighted by atomic mass is 16.5. The molecular weight excluding hydrogens is 252 g/mol. The summed E-state index contributed by atoms with van der Waals surface area (Å²) in [6, 6.07) is 6.28. The molecule has 0 aliphatic heterocycles. The molecule has 0 atom stereocenters. The molecule has 1 heterocycles. The van der Waals surface area contributed by atoms with Gasteiger partial charge in [-0.1, -0.05) is 26.0 Å². The van der Waals surface area contributed by atoms with Gasteiger partial charge in [-0.3, -0.25) is 4.68 Å². The van der Waals surface area contributed by atoms with Crippen LogP contribution in [-0.4, -0.2) is 21.9 Å². The molecule has 0 spiro atoms. The number of nitrogens with zero attached hydrogens (tertiary/aromatic N) is 3. The van der Waals surface area contributed by atoms with Crippen LogP contribution < -0.4 is 10.5 Å². The lowest BCUT2D eigenvalue weighted by molar-refractivity contribution is 0.410. The highest BCUT2D eigenvalue weighted by Gasteiger charge is 2.12. The second kappa shape index (κ2) is 6.05. The third kappa shape index (κ3) is 2.99. The highest BCUT2D eigenvalue weighted by molar-refractivity contribution is 5.40. The van der Waals surface area contributed by atoms with E-state index in [0.29, 0.717) is 18.9 Å². The molecule has 0 amide bonds. The summed E-state index contributed by atoms with van der Waals surface area (Å²) in [5.41, 5.74) is 8.02. The van der Waals surface area contributed by atoms with Gasteiger partial charge in [-0.2, -0.15) is 5.10 Å². The molecule has 0 bridgehead atoms. The van der Waals surface area contributed by atoms with Gasteiger partial charge >= 0.3 is 0 Å². The van der Waals surface area contributed by atoms with Crippen molar-refractivity contribution in [2.24, 2.45) is 12.8 Å². The smallest absolute Gasteiger partial charge is 0.155 e. The minimum atomic E-state index is 0.396. The quantitative estimate of drug-likeness (QED) is 0.905. The second-order valence-electron chi connectivity index (χ2n) is 5.17. The standard InChI is InChI=1S/C15H22N4O/c1-10(2)11-5-6-13(20-4)12(7-11)8-14-17-15(9-16)19(3)18-14/h5-7,10H,8-9,16H2,1-4H3. The Kier molecular flexibility index (Phi) is 4.39. The maximum absolute atomic E-state index is 5.63. The lowest BCUT2D eigenvalue weighted by atomic mass is 9.99. The Morgan fingerprint density at radius 3 is 2.65 bits per heavy atom. The van der Waals surface area contributed by atoms with Gasteiger partial charge in [-0.25, -0.2) is 4.98 Å². The summed E-state index contributed by atoms with van der Waals surface area (Å²) in [5.74, 6) is 2.92. The summed E-state index contributed by atoms with van der Waals surface area (Å²) < 4.78 is 7.16. The van der Waals surface area contributed by atoms with Gasteiger partial charge < -0.3 is 10.5 Å². The van der Waals surface area contributed by atoms with Crippen molar-refractivity contribution >= 4 is 0 Å². The van der Waals surface area contributed by atoms with Gasteiger partial charge in [0, 0.05) is 19.0 Å². The van der Waals surface area contributed by atoms with Crippen LogP contribution in [0.1, 0.15) is 42.5 Å². The number of aromatic nitrogens is 3. The van der Waals surface area contributed by atoms with E-state index < -0.39 is 0 Å². The molecule has 2 N–H and O–H groups in total. The normalized spacial score (nSPS) is 11.1. The third-order valence-corrected chi connectivity index (χ3v) is 3.40. The topological polar surface area (TPSA) is 66.0 Å². The van der Waals surface area contributed by atoms with Crippen LogP contribution in [-0.2, 0) is 20.0 Å². The van der Waals surface area contributed by atoms with Crippen molar-refractivity contribution < 1.29 is 4.74 Å². The summed E-state index contributed by atoms with van der Waals surface area (Å²) in [6.07, 6.45) is 0.650. The van der Waals surface area contributed by atoms with Crippen LogP contribution in [0.2, 0.25) is 0 Å². The minimum Gasteiger partial charge on any atom is -0.496 e. The molecule has 0 aliphatic carbocycles. The molecule has 1 aromatic carbocycles. The molecule has 0 saturated carbocycles. The Bertz CT molecular complexity index is 590. The lowest BCUT2D eigenvalue weighted by Crippen LogP contribution is -2.05. The van der Waals surface area contributed by atoms with E-state index in [2.05, 4.69) is 36.1 Å². The number of nitrogens with two attached hydrogens (primary N) is 1. The van der Waals surface area contributed by atoms with Gasteiger partial charge in [-0.05, 0) is 17.5 Å². The molecule has 5 heteroatoms. The van der Waals surface area contributed by atoms with E-state index in [1.807, 2.05) is 13.1 Å². The zero-order valence-electron chi connectivity index (χ0n) is 12.6. The number of methoxy groups -OCH3 is 1. The van der Waals surface area contributed by atoms with Crippen molar-refractivity contribution in [1.82, 2.24) is 14.8 Å². The van der Waals surface area contributed by atoms with Crippen LogP contribution in [0.4, 0.5) is 0 Å². The highest BCUT2D eigenvalue weighted by Crippen LogP contribution is 2.25. The maximum Gasteiger partial charge on any atom is 0.155 e. The van der Waals surface area contributed by atoms with Crippen molar-refractivity contribution in [1.29, 1.82) is 0 Å². The lowest BCUT2D eigenvalue weighted by Gasteiger charge is -2.11. The minimum absolute atomic E-state index is 0.396.